The van der Waals surface area contributed by atoms with Gasteiger partial charge in [0.1, 0.15) is 5.75 Å². The SMILES string of the molecule is O[B]Oc1cccc(N(c2ccc(-c3ccc4ccccc4c3)cc2)c2cccc(-c3ccccc3)c2)c1. The molecule has 0 aliphatic rings. The van der Waals surface area contributed by atoms with Crippen molar-refractivity contribution in [2.45, 2.75) is 0 Å². The summed E-state index contributed by atoms with van der Waals surface area (Å²) in [5.74, 6) is 0.557. The molecule has 1 N–H and O–H groups in total. The van der Waals surface area contributed by atoms with Gasteiger partial charge in [-0.25, -0.2) is 0 Å². The number of benzene rings is 6. The van der Waals surface area contributed by atoms with Gasteiger partial charge < -0.3 is 14.6 Å². The Kier molecular flexibility index (Phi) is 6.63. The summed E-state index contributed by atoms with van der Waals surface area (Å²) in [6.07, 6.45) is 0. The third kappa shape index (κ3) is 4.90. The first-order valence-electron chi connectivity index (χ1n) is 12.6. The lowest BCUT2D eigenvalue weighted by molar-refractivity contribution is 0.454. The highest BCUT2D eigenvalue weighted by Crippen LogP contribution is 2.38. The molecule has 181 valence electrons. The smallest absolute Gasteiger partial charge is 0.537 e. The molecule has 0 atom stereocenters. The van der Waals surface area contributed by atoms with Crippen molar-refractivity contribution in [2.75, 3.05) is 4.90 Å². The van der Waals surface area contributed by atoms with E-state index >= 15 is 0 Å². The maximum absolute atomic E-state index is 9.19. The van der Waals surface area contributed by atoms with E-state index in [2.05, 4.69) is 120 Å². The lowest BCUT2D eigenvalue weighted by Gasteiger charge is -2.26. The van der Waals surface area contributed by atoms with Crippen LogP contribution in [-0.2, 0) is 0 Å². The molecule has 0 unspecified atom stereocenters. The predicted molar refractivity (Wildman–Crippen MR) is 158 cm³/mol. The van der Waals surface area contributed by atoms with Crippen LogP contribution < -0.4 is 9.55 Å². The molecule has 0 saturated carbocycles. The Bertz CT molecular complexity index is 1680. The Hall–Kier alpha value is -4.80. The quantitative estimate of drug-likeness (QED) is 0.228. The van der Waals surface area contributed by atoms with E-state index < -0.39 is 0 Å². The van der Waals surface area contributed by atoms with Gasteiger partial charge in [-0.15, -0.1) is 0 Å². The highest BCUT2D eigenvalue weighted by Gasteiger charge is 2.15. The van der Waals surface area contributed by atoms with Gasteiger partial charge in [0.15, 0.2) is 0 Å². The molecule has 6 aromatic carbocycles. The lowest BCUT2D eigenvalue weighted by atomic mass is 10.0. The van der Waals surface area contributed by atoms with Crippen LogP contribution in [0.1, 0.15) is 0 Å². The fourth-order valence-electron chi connectivity index (χ4n) is 4.83. The molecule has 0 bridgehead atoms. The molecule has 0 saturated heterocycles. The Balaban J connectivity index is 1.42. The van der Waals surface area contributed by atoms with Crippen molar-refractivity contribution < 1.29 is 9.68 Å². The normalized spacial score (nSPS) is 10.8. The van der Waals surface area contributed by atoms with Crippen molar-refractivity contribution in [1.29, 1.82) is 0 Å². The number of anilines is 3. The second kappa shape index (κ2) is 10.7. The van der Waals surface area contributed by atoms with Crippen molar-refractivity contribution in [3.63, 3.8) is 0 Å². The van der Waals surface area contributed by atoms with Gasteiger partial charge in [-0.2, -0.15) is 0 Å². The van der Waals surface area contributed by atoms with E-state index in [-0.39, 0.29) is 0 Å². The molecule has 0 aliphatic heterocycles. The van der Waals surface area contributed by atoms with Crippen LogP contribution in [0.15, 0.2) is 146 Å². The van der Waals surface area contributed by atoms with Gasteiger partial charge in [0.05, 0.1) is 0 Å². The molecule has 0 amide bonds. The highest BCUT2D eigenvalue weighted by molar-refractivity contribution is 6.17. The summed E-state index contributed by atoms with van der Waals surface area (Å²) in [6.45, 7) is 0. The van der Waals surface area contributed by atoms with Crippen LogP contribution in [0.4, 0.5) is 17.1 Å². The molecular weight excluding hydrogens is 465 g/mol. The second-order valence-corrected chi connectivity index (χ2v) is 9.08. The minimum absolute atomic E-state index is 0.557. The van der Waals surface area contributed by atoms with Gasteiger partial charge in [-0.1, -0.05) is 97.1 Å². The summed E-state index contributed by atoms with van der Waals surface area (Å²) in [5.41, 5.74) is 7.60. The number of hydrogen-bond acceptors (Lipinski definition) is 3. The third-order valence-electron chi connectivity index (χ3n) is 6.68. The Labute approximate surface area is 223 Å². The van der Waals surface area contributed by atoms with E-state index in [0.717, 1.165) is 33.8 Å². The molecule has 1 radical (unpaired) electrons. The maximum atomic E-state index is 9.19. The molecule has 3 nitrogen and oxygen atoms in total. The molecule has 4 heteroatoms. The Morgan fingerprint density at radius 1 is 0.447 bits per heavy atom. The zero-order valence-electron chi connectivity index (χ0n) is 20.7. The van der Waals surface area contributed by atoms with E-state index in [9.17, 15) is 5.02 Å². The van der Waals surface area contributed by atoms with Gasteiger partial charge in [-0.3, -0.25) is 0 Å². The number of hydrogen-bond donors (Lipinski definition) is 1. The monoisotopic (exact) mass is 490 g/mol. The average molecular weight is 490 g/mol. The number of rotatable bonds is 7. The van der Waals surface area contributed by atoms with Crippen molar-refractivity contribution in [1.82, 2.24) is 0 Å². The second-order valence-electron chi connectivity index (χ2n) is 9.08. The number of nitrogens with zero attached hydrogens (tertiary/aromatic N) is 1. The fraction of sp³-hybridized carbons (Fsp3) is 0. The van der Waals surface area contributed by atoms with Gasteiger partial charge in [0, 0.05) is 23.1 Å². The van der Waals surface area contributed by atoms with Gasteiger partial charge in [0.2, 0.25) is 0 Å². The van der Waals surface area contributed by atoms with E-state index in [1.807, 2.05) is 30.3 Å². The lowest BCUT2D eigenvalue weighted by Crippen LogP contribution is -2.10. The summed E-state index contributed by atoms with van der Waals surface area (Å²) in [5, 5.41) is 11.7. The molecular formula is C34H25BNO2. The van der Waals surface area contributed by atoms with Gasteiger partial charge in [0.25, 0.3) is 0 Å². The van der Waals surface area contributed by atoms with E-state index in [4.69, 9.17) is 4.65 Å². The minimum Gasteiger partial charge on any atom is -0.537 e. The van der Waals surface area contributed by atoms with Crippen molar-refractivity contribution in [2.24, 2.45) is 0 Å². The first-order valence-corrected chi connectivity index (χ1v) is 12.6. The largest absolute Gasteiger partial charge is 0.569 e. The van der Waals surface area contributed by atoms with Crippen molar-refractivity contribution >= 4 is 35.5 Å². The maximum Gasteiger partial charge on any atom is 0.569 e. The minimum atomic E-state index is 0.557. The van der Waals surface area contributed by atoms with Crippen LogP contribution in [0.3, 0.4) is 0 Å². The van der Waals surface area contributed by atoms with Crippen LogP contribution >= 0.6 is 0 Å². The average Bonchev–Trinajstić information content (AvgIpc) is 2.98. The summed E-state index contributed by atoms with van der Waals surface area (Å²) in [4.78, 5) is 2.20. The van der Waals surface area contributed by atoms with Crippen molar-refractivity contribution in [3.05, 3.63) is 146 Å². The van der Waals surface area contributed by atoms with Crippen LogP contribution in [-0.4, -0.2) is 12.7 Å². The molecule has 0 heterocycles. The zero-order chi connectivity index (χ0) is 25.7. The van der Waals surface area contributed by atoms with E-state index in [1.165, 1.54) is 16.3 Å². The van der Waals surface area contributed by atoms with Crippen LogP contribution in [0.5, 0.6) is 5.75 Å². The Morgan fingerprint density at radius 2 is 1.05 bits per heavy atom. The van der Waals surface area contributed by atoms with Gasteiger partial charge in [-0.05, 0) is 75.5 Å². The topological polar surface area (TPSA) is 32.7 Å². The Morgan fingerprint density at radius 3 is 1.84 bits per heavy atom. The molecule has 6 aromatic rings. The first-order chi connectivity index (χ1) is 18.8. The zero-order valence-corrected chi connectivity index (χ0v) is 20.7. The molecule has 38 heavy (non-hydrogen) atoms. The summed E-state index contributed by atoms with van der Waals surface area (Å²) in [6, 6.07) is 50.2. The standard InChI is InChI=1S/C34H25BNO2/c37-35-38-34-15-7-14-33(24-34)36(32-13-6-12-29(23-32)25-8-2-1-3-9-25)31-20-18-27(19-21-31)30-17-16-26-10-4-5-11-28(26)22-30/h1-24,37H. The molecule has 0 aromatic heterocycles. The van der Waals surface area contributed by atoms with Crippen LogP contribution in [0, 0.1) is 0 Å². The summed E-state index contributed by atoms with van der Waals surface area (Å²) >= 11 is 0. The van der Waals surface area contributed by atoms with E-state index in [0.29, 0.717) is 13.4 Å². The molecule has 0 fully saturated rings. The molecule has 0 spiro atoms. The van der Waals surface area contributed by atoms with Crippen molar-refractivity contribution in [3.8, 4) is 28.0 Å². The predicted octanol–water partition coefficient (Wildman–Crippen LogP) is 8.55. The number of fused-ring (bicyclic) bond motifs is 1. The first kappa shape index (κ1) is 23.6. The molecule has 6 rings (SSSR count). The van der Waals surface area contributed by atoms with E-state index in [1.54, 1.807) is 0 Å². The third-order valence-corrected chi connectivity index (χ3v) is 6.68. The highest BCUT2D eigenvalue weighted by atomic mass is 16.5. The van der Waals surface area contributed by atoms with Crippen LogP contribution in [0.2, 0.25) is 0 Å². The van der Waals surface area contributed by atoms with Crippen LogP contribution in [0.25, 0.3) is 33.0 Å². The summed E-state index contributed by atoms with van der Waals surface area (Å²) < 4.78 is 5.28. The summed E-state index contributed by atoms with van der Waals surface area (Å²) in [7, 11) is 0.706. The molecule has 0 aliphatic carbocycles. The van der Waals surface area contributed by atoms with Gasteiger partial charge >= 0.3 is 7.69 Å². The fourth-order valence-corrected chi connectivity index (χ4v) is 4.83.